The maximum absolute atomic E-state index is 12.9. The Labute approximate surface area is 93.8 Å². The maximum Gasteiger partial charge on any atom is 0.211 e. The standard InChI is InChI=1S/C11H15FN2O2/c1-16-6-2-5-13-10-4-3-9(12)7-11(10)14-8-15/h3-4,7-8,13H,2,5-6H2,1H3,(H,14,15). The summed E-state index contributed by atoms with van der Waals surface area (Å²) in [6.07, 6.45) is 1.36. The Hall–Kier alpha value is -1.62. The molecular weight excluding hydrogens is 211 g/mol. The molecule has 1 aromatic carbocycles. The molecule has 16 heavy (non-hydrogen) atoms. The second kappa shape index (κ2) is 6.79. The fourth-order valence-corrected chi connectivity index (χ4v) is 1.29. The number of hydrogen-bond donors (Lipinski definition) is 2. The van der Waals surface area contributed by atoms with Crippen LogP contribution in [0, 0.1) is 5.82 Å². The molecule has 0 spiro atoms. The zero-order chi connectivity index (χ0) is 11.8. The highest BCUT2D eigenvalue weighted by Crippen LogP contribution is 2.21. The van der Waals surface area contributed by atoms with Gasteiger partial charge in [0.05, 0.1) is 11.4 Å². The summed E-state index contributed by atoms with van der Waals surface area (Å²) in [6.45, 7) is 1.36. The summed E-state index contributed by atoms with van der Waals surface area (Å²) in [4.78, 5) is 10.3. The molecular formula is C11H15FN2O2. The van der Waals surface area contributed by atoms with Crippen LogP contribution in [0.25, 0.3) is 0 Å². The fraction of sp³-hybridized carbons (Fsp3) is 0.364. The summed E-state index contributed by atoms with van der Waals surface area (Å²) in [7, 11) is 1.64. The lowest BCUT2D eigenvalue weighted by molar-refractivity contribution is -0.105. The minimum atomic E-state index is -0.383. The van der Waals surface area contributed by atoms with Gasteiger partial charge in [0.1, 0.15) is 5.82 Å². The molecule has 0 aliphatic heterocycles. The molecule has 88 valence electrons. The summed E-state index contributed by atoms with van der Waals surface area (Å²) in [5.41, 5.74) is 1.14. The van der Waals surface area contributed by atoms with Crippen molar-refractivity contribution in [3.05, 3.63) is 24.0 Å². The number of anilines is 2. The molecule has 0 bridgehead atoms. The zero-order valence-corrected chi connectivity index (χ0v) is 9.13. The first-order chi connectivity index (χ1) is 7.77. The molecule has 0 unspecified atom stereocenters. The number of hydrogen-bond acceptors (Lipinski definition) is 3. The number of benzene rings is 1. The molecule has 1 aromatic rings. The molecule has 5 heteroatoms. The number of carbonyl (C=O) groups excluding carboxylic acids is 1. The minimum absolute atomic E-state index is 0.383. The van der Waals surface area contributed by atoms with Crippen LogP contribution in [0.5, 0.6) is 0 Å². The van der Waals surface area contributed by atoms with Crippen molar-refractivity contribution in [2.24, 2.45) is 0 Å². The van der Waals surface area contributed by atoms with Crippen LogP contribution >= 0.6 is 0 Å². The number of methoxy groups -OCH3 is 1. The highest BCUT2D eigenvalue weighted by Gasteiger charge is 2.02. The van der Waals surface area contributed by atoms with Crippen molar-refractivity contribution in [3.8, 4) is 0 Å². The molecule has 2 N–H and O–H groups in total. The third-order valence-electron chi connectivity index (χ3n) is 2.04. The van der Waals surface area contributed by atoms with E-state index in [0.717, 1.165) is 6.42 Å². The van der Waals surface area contributed by atoms with E-state index in [4.69, 9.17) is 4.74 Å². The first-order valence-corrected chi connectivity index (χ1v) is 5.00. The van der Waals surface area contributed by atoms with Crippen molar-refractivity contribution in [1.82, 2.24) is 0 Å². The van der Waals surface area contributed by atoms with E-state index in [-0.39, 0.29) is 5.82 Å². The average Bonchev–Trinajstić information content (AvgIpc) is 2.27. The van der Waals surface area contributed by atoms with E-state index in [1.54, 1.807) is 13.2 Å². The van der Waals surface area contributed by atoms with Crippen molar-refractivity contribution >= 4 is 17.8 Å². The third kappa shape index (κ3) is 3.86. The highest BCUT2D eigenvalue weighted by atomic mass is 19.1. The van der Waals surface area contributed by atoms with Crippen LogP contribution in [0.3, 0.4) is 0 Å². The Morgan fingerprint density at radius 3 is 2.94 bits per heavy atom. The van der Waals surface area contributed by atoms with Gasteiger partial charge in [-0.2, -0.15) is 0 Å². The number of carbonyl (C=O) groups is 1. The maximum atomic E-state index is 12.9. The first-order valence-electron chi connectivity index (χ1n) is 5.00. The molecule has 0 aliphatic carbocycles. The van der Waals surface area contributed by atoms with E-state index < -0.39 is 0 Å². The molecule has 0 radical (unpaired) electrons. The van der Waals surface area contributed by atoms with Gasteiger partial charge in [-0.3, -0.25) is 4.79 Å². The first kappa shape index (κ1) is 12.4. The average molecular weight is 226 g/mol. The molecule has 0 fully saturated rings. The molecule has 0 saturated heterocycles. The molecule has 0 aliphatic rings. The van der Waals surface area contributed by atoms with Crippen molar-refractivity contribution < 1.29 is 13.9 Å². The van der Waals surface area contributed by atoms with E-state index in [1.807, 2.05) is 0 Å². The van der Waals surface area contributed by atoms with Gasteiger partial charge in [-0.15, -0.1) is 0 Å². The summed E-state index contributed by atoms with van der Waals surface area (Å²) in [5, 5.41) is 5.54. The lowest BCUT2D eigenvalue weighted by atomic mass is 10.2. The van der Waals surface area contributed by atoms with Gasteiger partial charge in [-0.1, -0.05) is 0 Å². The van der Waals surface area contributed by atoms with Crippen LogP contribution in [0.2, 0.25) is 0 Å². The summed E-state index contributed by atoms with van der Waals surface area (Å²) in [6, 6.07) is 4.20. The number of nitrogens with one attached hydrogen (secondary N) is 2. The Morgan fingerprint density at radius 2 is 2.25 bits per heavy atom. The molecule has 4 nitrogen and oxygen atoms in total. The van der Waals surface area contributed by atoms with Crippen LogP contribution in [0.4, 0.5) is 15.8 Å². The molecule has 0 saturated carbocycles. The Bertz CT molecular complexity index is 345. The number of amides is 1. The van der Waals surface area contributed by atoms with Gasteiger partial charge in [-0.25, -0.2) is 4.39 Å². The number of ether oxygens (including phenoxy) is 1. The van der Waals surface area contributed by atoms with Gasteiger partial charge in [0.2, 0.25) is 6.41 Å². The lowest BCUT2D eigenvalue weighted by Crippen LogP contribution is -2.07. The number of halogens is 1. The van der Waals surface area contributed by atoms with Gasteiger partial charge in [-0.05, 0) is 24.6 Å². The molecule has 1 amide bonds. The smallest absolute Gasteiger partial charge is 0.211 e. The van der Waals surface area contributed by atoms with E-state index in [1.165, 1.54) is 12.1 Å². The van der Waals surface area contributed by atoms with Crippen LogP contribution in [0.1, 0.15) is 6.42 Å². The summed E-state index contributed by atoms with van der Waals surface area (Å²) < 4.78 is 17.8. The predicted octanol–water partition coefficient (Wildman–Crippen LogP) is 1.84. The van der Waals surface area contributed by atoms with E-state index >= 15 is 0 Å². The summed E-state index contributed by atoms with van der Waals surface area (Å²) in [5.74, 6) is -0.383. The minimum Gasteiger partial charge on any atom is -0.385 e. The van der Waals surface area contributed by atoms with Crippen molar-refractivity contribution in [3.63, 3.8) is 0 Å². The normalized spacial score (nSPS) is 9.88. The Morgan fingerprint density at radius 1 is 1.44 bits per heavy atom. The predicted molar refractivity (Wildman–Crippen MR) is 61.1 cm³/mol. The van der Waals surface area contributed by atoms with Crippen LogP contribution in [-0.2, 0) is 9.53 Å². The third-order valence-corrected chi connectivity index (χ3v) is 2.04. The van der Waals surface area contributed by atoms with Crippen molar-refractivity contribution in [1.29, 1.82) is 0 Å². The van der Waals surface area contributed by atoms with Gasteiger partial charge in [0, 0.05) is 20.3 Å². The molecule has 0 heterocycles. The highest BCUT2D eigenvalue weighted by molar-refractivity contribution is 5.80. The summed E-state index contributed by atoms with van der Waals surface area (Å²) >= 11 is 0. The fourth-order valence-electron chi connectivity index (χ4n) is 1.29. The van der Waals surface area contributed by atoms with Gasteiger partial charge in [0.25, 0.3) is 0 Å². The molecule has 0 atom stereocenters. The second-order valence-corrected chi connectivity index (χ2v) is 3.23. The molecule has 1 rings (SSSR count). The molecule has 0 aromatic heterocycles. The van der Waals surface area contributed by atoms with Crippen molar-refractivity contribution in [2.45, 2.75) is 6.42 Å². The van der Waals surface area contributed by atoms with Crippen molar-refractivity contribution in [2.75, 3.05) is 30.9 Å². The SMILES string of the molecule is COCCCNc1ccc(F)cc1NC=O. The largest absolute Gasteiger partial charge is 0.385 e. The number of rotatable bonds is 7. The quantitative estimate of drug-likeness (QED) is 0.551. The zero-order valence-electron chi connectivity index (χ0n) is 9.13. The Kier molecular flexibility index (Phi) is 5.28. The topological polar surface area (TPSA) is 50.4 Å². The monoisotopic (exact) mass is 226 g/mol. The van der Waals surface area contributed by atoms with E-state index in [2.05, 4.69) is 10.6 Å². The van der Waals surface area contributed by atoms with Crippen LogP contribution < -0.4 is 10.6 Å². The van der Waals surface area contributed by atoms with Crippen LogP contribution in [-0.4, -0.2) is 26.7 Å². The Balaban J connectivity index is 2.59. The van der Waals surface area contributed by atoms with E-state index in [9.17, 15) is 9.18 Å². The van der Waals surface area contributed by atoms with Crippen LogP contribution in [0.15, 0.2) is 18.2 Å². The van der Waals surface area contributed by atoms with Gasteiger partial charge in [0.15, 0.2) is 0 Å². The lowest BCUT2D eigenvalue weighted by Gasteiger charge is -2.10. The van der Waals surface area contributed by atoms with E-state index in [0.29, 0.717) is 30.9 Å². The van der Waals surface area contributed by atoms with Gasteiger partial charge >= 0.3 is 0 Å². The van der Waals surface area contributed by atoms with Gasteiger partial charge < -0.3 is 15.4 Å². The second-order valence-electron chi connectivity index (χ2n) is 3.23.